The Kier molecular flexibility index (Phi) is 1.19. The van der Waals surface area contributed by atoms with E-state index in [9.17, 15) is 4.39 Å². The van der Waals surface area contributed by atoms with E-state index < -0.39 is 0 Å². The SMILES string of the molecule is Fc1ccncc1C1CC1. The van der Waals surface area contributed by atoms with Crippen LogP contribution >= 0.6 is 0 Å². The lowest BCUT2D eigenvalue weighted by atomic mass is 10.2. The molecule has 1 nitrogen and oxygen atoms in total. The zero-order valence-corrected chi connectivity index (χ0v) is 5.55. The zero-order valence-electron chi connectivity index (χ0n) is 5.55. The van der Waals surface area contributed by atoms with Crippen LogP contribution in [-0.4, -0.2) is 4.98 Å². The smallest absolute Gasteiger partial charge is 0.129 e. The number of nitrogens with zero attached hydrogens (tertiary/aromatic N) is 1. The molecule has 0 amide bonds. The van der Waals surface area contributed by atoms with Crippen LogP contribution in [0, 0.1) is 5.82 Å². The predicted molar refractivity (Wildman–Crippen MR) is 36.2 cm³/mol. The van der Waals surface area contributed by atoms with E-state index >= 15 is 0 Å². The fourth-order valence-electron chi connectivity index (χ4n) is 1.08. The summed E-state index contributed by atoms with van der Waals surface area (Å²) in [6, 6.07) is 1.42. The Balaban J connectivity index is 2.39. The Morgan fingerprint density at radius 2 is 2.30 bits per heavy atom. The van der Waals surface area contributed by atoms with Crippen molar-refractivity contribution in [3.63, 3.8) is 0 Å². The van der Waals surface area contributed by atoms with Crippen LogP contribution in [0.25, 0.3) is 0 Å². The molecule has 2 heteroatoms. The summed E-state index contributed by atoms with van der Waals surface area (Å²) in [4.78, 5) is 3.87. The molecule has 1 heterocycles. The molecule has 52 valence electrons. The molecule has 0 spiro atoms. The van der Waals surface area contributed by atoms with Crippen molar-refractivity contribution in [1.82, 2.24) is 4.98 Å². The normalized spacial score (nSPS) is 17.3. The van der Waals surface area contributed by atoms with Gasteiger partial charge in [0.15, 0.2) is 0 Å². The summed E-state index contributed by atoms with van der Waals surface area (Å²) < 4.78 is 12.8. The molecule has 0 bridgehead atoms. The molecule has 2 rings (SSSR count). The van der Waals surface area contributed by atoms with Gasteiger partial charge in [-0.1, -0.05) is 0 Å². The number of pyridine rings is 1. The van der Waals surface area contributed by atoms with Gasteiger partial charge in [-0.2, -0.15) is 0 Å². The molecule has 1 aliphatic carbocycles. The van der Waals surface area contributed by atoms with Gasteiger partial charge in [0.1, 0.15) is 5.82 Å². The van der Waals surface area contributed by atoms with Crippen LogP contribution in [0.3, 0.4) is 0 Å². The van der Waals surface area contributed by atoms with Gasteiger partial charge in [-0.05, 0) is 24.8 Å². The van der Waals surface area contributed by atoms with Crippen LogP contribution in [0.4, 0.5) is 4.39 Å². The highest BCUT2D eigenvalue weighted by atomic mass is 19.1. The molecule has 1 saturated carbocycles. The van der Waals surface area contributed by atoms with Crippen LogP contribution in [-0.2, 0) is 0 Å². The Morgan fingerprint density at radius 1 is 1.50 bits per heavy atom. The first kappa shape index (κ1) is 5.83. The second-order valence-electron chi connectivity index (χ2n) is 2.67. The third kappa shape index (κ3) is 0.897. The summed E-state index contributed by atoms with van der Waals surface area (Å²) >= 11 is 0. The molecular weight excluding hydrogens is 129 g/mol. The van der Waals surface area contributed by atoms with Gasteiger partial charge in [-0.3, -0.25) is 4.98 Å². The van der Waals surface area contributed by atoms with Gasteiger partial charge in [0.2, 0.25) is 0 Å². The minimum Gasteiger partial charge on any atom is -0.264 e. The van der Waals surface area contributed by atoms with E-state index in [2.05, 4.69) is 4.98 Å². The fourth-order valence-corrected chi connectivity index (χ4v) is 1.08. The maximum atomic E-state index is 12.8. The lowest BCUT2D eigenvalue weighted by molar-refractivity contribution is 0.608. The lowest BCUT2D eigenvalue weighted by Gasteiger charge is -1.96. The number of rotatable bonds is 1. The average molecular weight is 137 g/mol. The van der Waals surface area contributed by atoms with Crippen LogP contribution in [0.2, 0.25) is 0 Å². The minimum atomic E-state index is -0.0995. The van der Waals surface area contributed by atoms with E-state index in [0.717, 1.165) is 18.4 Å². The Bertz CT molecular complexity index is 243. The third-order valence-electron chi connectivity index (χ3n) is 1.81. The summed E-state index contributed by atoms with van der Waals surface area (Å²) in [5.41, 5.74) is 0.794. The minimum absolute atomic E-state index is 0.0995. The van der Waals surface area contributed by atoms with Gasteiger partial charge in [-0.15, -0.1) is 0 Å². The van der Waals surface area contributed by atoms with E-state index in [1.807, 2.05) is 0 Å². The molecule has 1 aromatic heterocycles. The fraction of sp³-hybridized carbons (Fsp3) is 0.375. The van der Waals surface area contributed by atoms with E-state index in [1.54, 1.807) is 6.20 Å². The number of halogens is 1. The Labute approximate surface area is 58.9 Å². The summed E-state index contributed by atoms with van der Waals surface area (Å²) in [6.45, 7) is 0. The van der Waals surface area contributed by atoms with Crippen LogP contribution in [0.5, 0.6) is 0 Å². The highest BCUT2D eigenvalue weighted by Crippen LogP contribution is 2.40. The molecule has 1 aromatic rings. The second-order valence-corrected chi connectivity index (χ2v) is 2.67. The topological polar surface area (TPSA) is 12.9 Å². The standard InChI is InChI=1S/C8H8FN/c9-8-3-4-10-5-7(8)6-1-2-6/h3-6H,1-2H2. The maximum Gasteiger partial charge on any atom is 0.129 e. The van der Waals surface area contributed by atoms with Crippen molar-refractivity contribution in [3.8, 4) is 0 Å². The highest BCUT2D eigenvalue weighted by molar-refractivity contribution is 5.21. The highest BCUT2D eigenvalue weighted by Gasteiger charge is 2.26. The van der Waals surface area contributed by atoms with Gasteiger partial charge in [0.25, 0.3) is 0 Å². The largest absolute Gasteiger partial charge is 0.264 e. The summed E-state index contributed by atoms with van der Waals surface area (Å²) in [7, 11) is 0. The first-order chi connectivity index (χ1) is 4.88. The molecule has 10 heavy (non-hydrogen) atoms. The lowest BCUT2D eigenvalue weighted by Crippen LogP contribution is -1.86. The van der Waals surface area contributed by atoms with Crippen LogP contribution in [0.1, 0.15) is 24.3 Å². The van der Waals surface area contributed by atoms with Crippen molar-refractivity contribution in [2.45, 2.75) is 18.8 Å². The summed E-state index contributed by atoms with van der Waals surface area (Å²) in [5.74, 6) is 0.367. The maximum absolute atomic E-state index is 12.8. The zero-order chi connectivity index (χ0) is 6.97. The van der Waals surface area contributed by atoms with E-state index in [0.29, 0.717) is 5.92 Å². The number of hydrogen-bond acceptors (Lipinski definition) is 1. The molecule has 0 atom stereocenters. The molecular formula is C8H8FN. The van der Waals surface area contributed by atoms with Crippen molar-refractivity contribution in [2.24, 2.45) is 0 Å². The molecule has 0 aromatic carbocycles. The quantitative estimate of drug-likeness (QED) is 0.577. The van der Waals surface area contributed by atoms with Crippen molar-refractivity contribution in [1.29, 1.82) is 0 Å². The van der Waals surface area contributed by atoms with Gasteiger partial charge in [-0.25, -0.2) is 4.39 Å². The Hall–Kier alpha value is -0.920. The molecule has 0 radical (unpaired) electrons. The number of aromatic nitrogens is 1. The predicted octanol–water partition coefficient (Wildman–Crippen LogP) is 2.10. The first-order valence-electron chi connectivity index (χ1n) is 3.47. The second kappa shape index (κ2) is 2.04. The summed E-state index contributed by atoms with van der Waals surface area (Å²) in [5, 5.41) is 0. The molecule has 0 saturated heterocycles. The van der Waals surface area contributed by atoms with Crippen molar-refractivity contribution in [3.05, 3.63) is 29.8 Å². The molecule has 0 unspecified atom stereocenters. The number of hydrogen-bond donors (Lipinski definition) is 0. The molecule has 1 fully saturated rings. The van der Waals surface area contributed by atoms with Crippen molar-refractivity contribution >= 4 is 0 Å². The van der Waals surface area contributed by atoms with E-state index in [1.165, 1.54) is 12.3 Å². The van der Waals surface area contributed by atoms with Gasteiger partial charge in [0.05, 0.1) is 0 Å². The monoisotopic (exact) mass is 137 g/mol. The summed E-state index contributed by atoms with van der Waals surface area (Å²) in [6.07, 6.45) is 5.37. The molecule has 0 N–H and O–H groups in total. The van der Waals surface area contributed by atoms with Gasteiger partial charge < -0.3 is 0 Å². The van der Waals surface area contributed by atoms with E-state index in [4.69, 9.17) is 0 Å². The average Bonchev–Trinajstić information content (AvgIpc) is 2.71. The van der Waals surface area contributed by atoms with Gasteiger partial charge >= 0.3 is 0 Å². The van der Waals surface area contributed by atoms with Crippen LogP contribution in [0.15, 0.2) is 18.5 Å². The molecule has 1 aliphatic rings. The van der Waals surface area contributed by atoms with Crippen molar-refractivity contribution < 1.29 is 4.39 Å². The van der Waals surface area contributed by atoms with Gasteiger partial charge in [0, 0.05) is 18.0 Å². The third-order valence-corrected chi connectivity index (χ3v) is 1.81. The first-order valence-corrected chi connectivity index (χ1v) is 3.47. The van der Waals surface area contributed by atoms with E-state index in [-0.39, 0.29) is 5.82 Å². The Morgan fingerprint density at radius 3 is 2.90 bits per heavy atom. The van der Waals surface area contributed by atoms with Crippen LogP contribution < -0.4 is 0 Å². The van der Waals surface area contributed by atoms with Crippen molar-refractivity contribution in [2.75, 3.05) is 0 Å². The molecule has 0 aliphatic heterocycles.